The number of hydrogen-bond donors (Lipinski definition) is 3. The maximum absolute atomic E-state index is 12.3. The van der Waals surface area contributed by atoms with Crippen molar-refractivity contribution in [2.24, 2.45) is 0 Å². The molecule has 8 nitrogen and oxygen atoms in total. The molecule has 0 unspecified atom stereocenters. The van der Waals surface area contributed by atoms with E-state index >= 15 is 0 Å². The summed E-state index contributed by atoms with van der Waals surface area (Å²) in [4.78, 5) is 24.0. The molecule has 8 heteroatoms. The Bertz CT molecular complexity index is 734. The highest BCUT2D eigenvalue weighted by atomic mass is 16.2. The fraction of sp³-hybridized carbons (Fsp3) is 0.412. The van der Waals surface area contributed by atoms with Crippen molar-refractivity contribution in [3.05, 3.63) is 41.7 Å². The largest absolute Gasteiger partial charge is 0.352 e. The molecule has 3 rings (SSSR count). The molecule has 1 fully saturated rings. The quantitative estimate of drug-likeness (QED) is 0.758. The van der Waals surface area contributed by atoms with Gasteiger partial charge in [0.2, 0.25) is 0 Å². The van der Waals surface area contributed by atoms with E-state index in [1.807, 2.05) is 6.92 Å². The van der Waals surface area contributed by atoms with Crippen LogP contribution in [0, 0.1) is 0 Å². The second-order valence-corrected chi connectivity index (χ2v) is 5.96. The minimum atomic E-state index is -0.314. The third-order valence-electron chi connectivity index (χ3n) is 4.17. The second kappa shape index (κ2) is 7.89. The topological polar surface area (TPSA) is 101 Å². The van der Waals surface area contributed by atoms with E-state index in [-0.39, 0.29) is 23.6 Å². The minimum Gasteiger partial charge on any atom is -0.352 e. The lowest BCUT2D eigenvalue weighted by molar-refractivity contribution is 0.0955. The van der Waals surface area contributed by atoms with Crippen molar-refractivity contribution in [2.75, 3.05) is 25.0 Å². The molecule has 3 N–H and O–H groups in total. The van der Waals surface area contributed by atoms with E-state index in [0.717, 1.165) is 25.9 Å². The van der Waals surface area contributed by atoms with E-state index in [4.69, 9.17) is 0 Å². The van der Waals surface area contributed by atoms with Gasteiger partial charge in [-0.25, -0.2) is 4.68 Å². The normalized spacial score (nSPS) is 14.9. The molecule has 1 aromatic heterocycles. The van der Waals surface area contributed by atoms with Crippen molar-refractivity contribution in [1.82, 2.24) is 25.6 Å². The zero-order valence-corrected chi connectivity index (χ0v) is 14.2. The van der Waals surface area contributed by atoms with Crippen LogP contribution in [0.4, 0.5) is 5.69 Å². The van der Waals surface area contributed by atoms with Crippen LogP contribution in [0.25, 0.3) is 0 Å². The smallest absolute Gasteiger partial charge is 0.277 e. The number of nitrogens with one attached hydrogen (secondary N) is 3. The molecule has 1 aromatic carbocycles. The number of amides is 2. The number of benzene rings is 1. The van der Waals surface area contributed by atoms with E-state index in [9.17, 15) is 9.59 Å². The van der Waals surface area contributed by atoms with Crippen LogP contribution in [0.5, 0.6) is 0 Å². The number of anilines is 1. The molecule has 1 saturated heterocycles. The van der Waals surface area contributed by atoms with Crippen LogP contribution in [0.1, 0.15) is 46.7 Å². The fourth-order valence-corrected chi connectivity index (χ4v) is 2.79. The molecule has 2 aromatic rings. The molecule has 0 aliphatic carbocycles. The first-order chi connectivity index (χ1) is 12.2. The fourth-order valence-electron chi connectivity index (χ4n) is 2.79. The van der Waals surface area contributed by atoms with Crippen molar-refractivity contribution in [1.29, 1.82) is 0 Å². The first kappa shape index (κ1) is 17.1. The number of piperidine rings is 1. The average molecular weight is 342 g/mol. The van der Waals surface area contributed by atoms with Crippen molar-refractivity contribution in [3.63, 3.8) is 0 Å². The van der Waals surface area contributed by atoms with Crippen LogP contribution in [-0.2, 0) is 0 Å². The number of carbonyl (C=O) groups is 2. The van der Waals surface area contributed by atoms with Gasteiger partial charge in [0, 0.05) is 17.8 Å². The van der Waals surface area contributed by atoms with E-state index < -0.39 is 0 Å². The minimum absolute atomic E-state index is 0.134. The number of carbonyl (C=O) groups excluding carboxylic acids is 2. The van der Waals surface area contributed by atoms with Crippen molar-refractivity contribution < 1.29 is 9.59 Å². The highest BCUT2D eigenvalue weighted by Gasteiger charge is 2.18. The van der Waals surface area contributed by atoms with Gasteiger partial charge >= 0.3 is 0 Å². The summed E-state index contributed by atoms with van der Waals surface area (Å²) in [5.74, 6) is -0.448. The second-order valence-electron chi connectivity index (χ2n) is 5.96. The van der Waals surface area contributed by atoms with Gasteiger partial charge in [-0.1, -0.05) is 5.21 Å². The Kier molecular flexibility index (Phi) is 5.39. The lowest BCUT2D eigenvalue weighted by Gasteiger charge is -2.22. The molecular formula is C17H22N6O2. The maximum Gasteiger partial charge on any atom is 0.277 e. The first-order valence-electron chi connectivity index (χ1n) is 8.49. The summed E-state index contributed by atoms with van der Waals surface area (Å²) in [6.07, 6.45) is 3.64. The number of hydrogen-bond acceptors (Lipinski definition) is 5. The Labute approximate surface area is 146 Å². The Morgan fingerprint density at radius 1 is 1.20 bits per heavy atom. The van der Waals surface area contributed by atoms with Gasteiger partial charge in [-0.05, 0) is 57.1 Å². The molecule has 0 atom stereocenters. The molecule has 0 saturated carbocycles. The molecule has 25 heavy (non-hydrogen) atoms. The van der Waals surface area contributed by atoms with Crippen molar-refractivity contribution >= 4 is 17.5 Å². The Morgan fingerprint density at radius 3 is 2.60 bits per heavy atom. The van der Waals surface area contributed by atoms with Crippen molar-refractivity contribution in [3.8, 4) is 0 Å². The van der Waals surface area contributed by atoms with Gasteiger partial charge in [-0.15, -0.1) is 5.10 Å². The Morgan fingerprint density at radius 2 is 1.92 bits per heavy atom. The Hall–Kier alpha value is -2.74. The molecular weight excluding hydrogens is 320 g/mol. The summed E-state index contributed by atoms with van der Waals surface area (Å²) >= 11 is 0. The van der Waals surface area contributed by atoms with Crippen LogP contribution in [0.3, 0.4) is 0 Å². The average Bonchev–Trinajstić information content (AvgIpc) is 3.13. The van der Waals surface area contributed by atoms with Crippen LogP contribution in [-0.4, -0.2) is 46.4 Å². The van der Waals surface area contributed by atoms with Gasteiger partial charge in [-0.2, -0.15) is 0 Å². The predicted molar refractivity (Wildman–Crippen MR) is 93.6 cm³/mol. The predicted octanol–water partition coefficient (Wildman–Crippen LogP) is 1.20. The van der Waals surface area contributed by atoms with Gasteiger partial charge in [-0.3, -0.25) is 9.59 Å². The lowest BCUT2D eigenvalue weighted by Crippen LogP contribution is -2.29. The van der Waals surface area contributed by atoms with Gasteiger partial charge in [0.15, 0.2) is 5.69 Å². The van der Waals surface area contributed by atoms with Crippen molar-refractivity contribution in [2.45, 2.75) is 25.8 Å². The molecule has 0 radical (unpaired) electrons. The number of nitrogens with zero attached hydrogens (tertiary/aromatic N) is 3. The zero-order chi connectivity index (χ0) is 17.6. The SMILES string of the molecule is CCNC(=O)c1ccc(NC(=O)c2cn(C3CCNCC3)nn2)cc1. The van der Waals surface area contributed by atoms with Crippen LogP contribution in [0.15, 0.2) is 30.5 Å². The summed E-state index contributed by atoms with van der Waals surface area (Å²) < 4.78 is 1.77. The molecule has 1 aliphatic heterocycles. The summed E-state index contributed by atoms with van der Waals surface area (Å²) in [5.41, 5.74) is 1.44. The van der Waals surface area contributed by atoms with Crippen LogP contribution >= 0.6 is 0 Å². The standard InChI is InChI=1S/C17H22N6O2/c1-2-19-16(24)12-3-5-13(6-4-12)20-17(25)15-11-23(22-21-15)14-7-9-18-10-8-14/h3-6,11,14,18H,2,7-10H2,1H3,(H,19,24)(H,20,25). The molecule has 1 aliphatic rings. The molecule has 132 valence electrons. The molecule has 2 heterocycles. The summed E-state index contributed by atoms with van der Waals surface area (Å²) in [5, 5.41) is 16.9. The third kappa shape index (κ3) is 4.21. The van der Waals surface area contributed by atoms with E-state index in [2.05, 4.69) is 26.3 Å². The Balaban J connectivity index is 1.62. The van der Waals surface area contributed by atoms with E-state index in [0.29, 0.717) is 17.8 Å². The highest BCUT2D eigenvalue weighted by Crippen LogP contribution is 2.17. The van der Waals surface area contributed by atoms with Crippen LogP contribution < -0.4 is 16.0 Å². The maximum atomic E-state index is 12.3. The summed E-state index contributed by atoms with van der Waals surface area (Å²) in [6.45, 7) is 4.33. The van der Waals surface area contributed by atoms with E-state index in [1.54, 1.807) is 35.1 Å². The van der Waals surface area contributed by atoms with E-state index in [1.165, 1.54) is 0 Å². The van der Waals surface area contributed by atoms with Crippen LogP contribution in [0.2, 0.25) is 0 Å². The first-order valence-corrected chi connectivity index (χ1v) is 8.49. The third-order valence-corrected chi connectivity index (χ3v) is 4.17. The van der Waals surface area contributed by atoms with Gasteiger partial charge in [0.05, 0.1) is 12.2 Å². The number of rotatable bonds is 5. The highest BCUT2D eigenvalue weighted by molar-refractivity contribution is 6.03. The van der Waals surface area contributed by atoms with Gasteiger partial charge in [0.1, 0.15) is 0 Å². The molecule has 0 bridgehead atoms. The van der Waals surface area contributed by atoms with Gasteiger partial charge < -0.3 is 16.0 Å². The molecule has 0 spiro atoms. The monoisotopic (exact) mass is 342 g/mol. The summed E-state index contributed by atoms with van der Waals surface area (Å²) in [7, 11) is 0. The zero-order valence-electron chi connectivity index (χ0n) is 14.2. The van der Waals surface area contributed by atoms with Gasteiger partial charge in [0.25, 0.3) is 11.8 Å². The summed E-state index contributed by atoms with van der Waals surface area (Å²) in [6, 6.07) is 7.02. The number of aromatic nitrogens is 3. The molecule has 2 amide bonds. The lowest BCUT2D eigenvalue weighted by atomic mass is 10.1.